The fourth-order valence-corrected chi connectivity index (χ4v) is 4.80. The van der Waals surface area contributed by atoms with Gasteiger partial charge in [-0.25, -0.2) is 9.37 Å². The quantitative estimate of drug-likeness (QED) is 0.375. The molecule has 3 aromatic rings. The van der Waals surface area contributed by atoms with Gasteiger partial charge in [-0.3, -0.25) is 4.79 Å². The largest absolute Gasteiger partial charge is 0.474 e. The summed E-state index contributed by atoms with van der Waals surface area (Å²) in [6, 6.07) is 11.8. The Morgan fingerprint density at radius 1 is 1.11 bits per heavy atom. The maximum atomic E-state index is 15.0. The Morgan fingerprint density at radius 2 is 1.84 bits per heavy atom. The van der Waals surface area contributed by atoms with E-state index in [4.69, 9.17) is 4.74 Å². The molecule has 38 heavy (non-hydrogen) atoms. The van der Waals surface area contributed by atoms with Crippen LogP contribution in [0.5, 0.6) is 5.88 Å². The first-order valence-electron chi connectivity index (χ1n) is 13.2. The Bertz CT molecular complexity index is 1260. The number of ether oxygens (including phenoxy) is 1. The van der Waals surface area contributed by atoms with E-state index in [9.17, 15) is 14.3 Å². The Labute approximate surface area is 219 Å². The number of halogens is 3. The van der Waals surface area contributed by atoms with Crippen LogP contribution in [-0.4, -0.2) is 58.6 Å². The highest BCUT2D eigenvalue weighted by Gasteiger charge is 2.40. The number of hydrogen-bond acceptors (Lipinski definition) is 5. The normalized spacial score (nSPS) is 17.9. The molecule has 0 bridgehead atoms. The van der Waals surface area contributed by atoms with Gasteiger partial charge in [0.2, 0.25) is 5.88 Å². The number of nitrogens with one attached hydrogen (secondary N) is 1. The topological polar surface area (TPSA) is 74.7 Å². The molecule has 1 amide bonds. The van der Waals surface area contributed by atoms with Gasteiger partial charge in [0.05, 0.1) is 6.04 Å². The van der Waals surface area contributed by atoms with Crippen LogP contribution >= 0.6 is 0 Å². The summed E-state index contributed by atoms with van der Waals surface area (Å²) >= 11 is 0. The number of carbonyl (C=O) groups is 1. The molecule has 1 saturated carbocycles. The van der Waals surface area contributed by atoms with Crippen LogP contribution in [0.15, 0.2) is 54.7 Å². The Kier molecular flexibility index (Phi) is 7.85. The van der Waals surface area contributed by atoms with Gasteiger partial charge in [0.1, 0.15) is 18.0 Å². The molecule has 0 spiro atoms. The summed E-state index contributed by atoms with van der Waals surface area (Å²) in [7, 11) is 0. The van der Waals surface area contributed by atoms with Gasteiger partial charge in [-0.1, -0.05) is 24.3 Å². The molecule has 0 radical (unpaired) electrons. The van der Waals surface area contributed by atoms with Crippen molar-refractivity contribution >= 4 is 16.7 Å². The van der Waals surface area contributed by atoms with Crippen molar-refractivity contribution in [2.75, 3.05) is 19.6 Å². The van der Waals surface area contributed by atoms with Crippen LogP contribution in [0.2, 0.25) is 0 Å². The highest BCUT2D eigenvalue weighted by atomic mass is 19.3. The lowest BCUT2D eigenvalue weighted by Gasteiger charge is -2.30. The maximum absolute atomic E-state index is 15.0. The van der Waals surface area contributed by atoms with E-state index in [0.717, 1.165) is 44.2 Å². The van der Waals surface area contributed by atoms with Gasteiger partial charge in [-0.2, -0.15) is 8.78 Å². The molecule has 2 fully saturated rings. The molecule has 2 atom stereocenters. The molecular weight excluding hydrogens is 495 g/mol. The van der Waals surface area contributed by atoms with Crippen molar-refractivity contribution < 1.29 is 27.8 Å². The minimum absolute atomic E-state index is 0.0283. The van der Waals surface area contributed by atoms with E-state index in [0.29, 0.717) is 22.4 Å². The lowest BCUT2D eigenvalue weighted by molar-refractivity contribution is -0.148. The van der Waals surface area contributed by atoms with Gasteiger partial charge < -0.3 is 20.1 Å². The molecule has 202 valence electrons. The number of aromatic nitrogens is 1. The number of carbonyl (C=O) groups excluding carboxylic acids is 1. The van der Waals surface area contributed by atoms with Gasteiger partial charge in [-0.05, 0) is 79.7 Å². The molecule has 1 aromatic heterocycles. The number of amides is 1. The Morgan fingerprint density at radius 3 is 2.55 bits per heavy atom. The molecule has 1 saturated heterocycles. The molecule has 1 aliphatic heterocycles. The van der Waals surface area contributed by atoms with Crippen LogP contribution < -0.4 is 10.1 Å². The van der Waals surface area contributed by atoms with E-state index < -0.39 is 30.4 Å². The molecule has 2 N–H and O–H groups in total. The zero-order chi connectivity index (χ0) is 26.7. The summed E-state index contributed by atoms with van der Waals surface area (Å²) < 4.78 is 49.1. The third kappa shape index (κ3) is 6.63. The minimum Gasteiger partial charge on any atom is -0.474 e. The number of aryl methyl sites for hydroxylation is 1. The monoisotopic (exact) mass is 527 g/mol. The van der Waals surface area contributed by atoms with Crippen LogP contribution in [0.4, 0.5) is 13.2 Å². The number of aliphatic hydroxyl groups is 1. The van der Waals surface area contributed by atoms with Crippen LogP contribution in [0, 0.1) is 5.82 Å². The van der Waals surface area contributed by atoms with Crippen molar-refractivity contribution in [2.24, 2.45) is 0 Å². The number of likely N-dealkylation sites (tertiary alicyclic amines) is 1. The van der Waals surface area contributed by atoms with Crippen LogP contribution in [0.3, 0.4) is 0 Å². The van der Waals surface area contributed by atoms with E-state index in [1.165, 1.54) is 18.3 Å². The minimum atomic E-state index is -3.64. The van der Waals surface area contributed by atoms with Crippen molar-refractivity contribution in [1.82, 2.24) is 15.2 Å². The second-order valence-electron chi connectivity index (χ2n) is 10.3. The van der Waals surface area contributed by atoms with Gasteiger partial charge in [0.25, 0.3) is 5.91 Å². The molecule has 9 heteroatoms. The van der Waals surface area contributed by atoms with E-state index >= 15 is 8.78 Å². The van der Waals surface area contributed by atoms with Gasteiger partial charge >= 0.3 is 5.92 Å². The first-order chi connectivity index (χ1) is 18.3. The van der Waals surface area contributed by atoms with Crippen LogP contribution in [-0.2, 0) is 11.2 Å². The number of fused-ring (bicyclic) bond motifs is 1. The molecule has 5 rings (SSSR count). The second kappa shape index (κ2) is 11.3. The highest BCUT2D eigenvalue weighted by molar-refractivity contribution is 5.84. The van der Waals surface area contributed by atoms with Gasteiger partial charge in [-0.15, -0.1) is 0 Å². The molecule has 2 heterocycles. The number of hydrogen-bond donors (Lipinski definition) is 2. The average molecular weight is 528 g/mol. The molecule has 1 aliphatic carbocycles. The summed E-state index contributed by atoms with van der Waals surface area (Å²) in [6.07, 6.45) is 3.68. The standard InChI is InChI=1S/C29H32F3N3O3/c30-23-7-5-20-15-19(3-4-21(20)16-23)11-12-29(31,32)28(37)34-25(18-35-13-1-2-14-35)27(36)22-6-10-26(33-17-22)38-24-8-9-24/h3-7,10,15-17,24-25,27,36H,1-2,8-9,11-14,18H2,(H,34,37)/t25-,27-/m1/s1. The number of alkyl halides is 2. The first-order valence-corrected chi connectivity index (χ1v) is 13.2. The van der Waals surface area contributed by atoms with Crippen molar-refractivity contribution in [1.29, 1.82) is 0 Å². The Balaban J connectivity index is 1.24. The highest BCUT2D eigenvalue weighted by Crippen LogP contribution is 2.28. The summed E-state index contributed by atoms with van der Waals surface area (Å²) in [4.78, 5) is 19.1. The van der Waals surface area contributed by atoms with Crippen molar-refractivity contribution in [3.63, 3.8) is 0 Å². The summed E-state index contributed by atoms with van der Waals surface area (Å²) in [5.41, 5.74) is 1.05. The SMILES string of the molecule is O=C(N[C@H](CN1CCCC1)[C@H](O)c1ccc(OC2CC2)nc1)C(F)(F)CCc1ccc2cc(F)ccc2c1. The fourth-order valence-electron chi connectivity index (χ4n) is 4.80. The molecule has 2 aromatic carbocycles. The predicted molar refractivity (Wildman–Crippen MR) is 138 cm³/mol. The number of rotatable bonds is 11. The van der Waals surface area contributed by atoms with Crippen molar-refractivity contribution in [3.8, 4) is 5.88 Å². The Hall–Kier alpha value is -3.17. The lowest BCUT2D eigenvalue weighted by Crippen LogP contribution is -2.51. The van der Waals surface area contributed by atoms with Crippen molar-refractivity contribution in [2.45, 2.75) is 62.7 Å². The summed E-state index contributed by atoms with van der Waals surface area (Å²) in [6.45, 7) is 1.83. The summed E-state index contributed by atoms with van der Waals surface area (Å²) in [5, 5.41) is 14.9. The average Bonchev–Trinajstić information content (AvgIpc) is 3.58. The molecular formula is C29H32F3N3O3. The number of benzene rings is 2. The maximum Gasteiger partial charge on any atom is 0.324 e. The third-order valence-corrected chi connectivity index (χ3v) is 7.19. The third-order valence-electron chi connectivity index (χ3n) is 7.19. The lowest BCUT2D eigenvalue weighted by atomic mass is 10.0. The van der Waals surface area contributed by atoms with Crippen LogP contribution in [0.1, 0.15) is 49.3 Å². The fraction of sp³-hybridized carbons (Fsp3) is 0.448. The number of aliphatic hydroxyl groups excluding tert-OH is 1. The summed E-state index contributed by atoms with van der Waals surface area (Å²) in [5.74, 6) is -4.96. The predicted octanol–water partition coefficient (Wildman–Crippen LogP) is 4.80. The van der Waals surface area contributed by atoms with E-state index in [-0.39, 0.29) is 24.9 Å². The van der Waals surface area contributed by atoms with Crippen LogP contribution in [0.25, 0.3) is 10.8 Å². The van der Waals surface area contributed by atoms with E-state index in [2.05, 4.69) is 15.2 Å². The van der Waals surface area contributed by atoms with E-state index in [1.54, 1.807) is 36.4 Å². The zero-order valence-electron chi connectivity index (χ0n) is 21.1. The van der Waals surface area contributed by atoms with E-state index in [1.807, 2.05) is 0 Å². The smallest absolute Gasteiger partial charge is 0.324 e. The van der Waals surface area contributed by atoms with Crippen molar-refractivity contribution in [3.05, 3.63) is 71.7 Å². The zero-order valence-corrected chi connectivity index (χ0v) is 21.1. The second-order valence-corrected chi connectivity index (χ2v) is 10.3. The molecule has 6 nitrogen and oxygen atoms in total. The molecule has 0 unspecified atom stereocenters. The number of pyridine rings is 1. The van der Waals surface area contributed by atoms with Gasteiger partial charge in [0, 0.05) is 30.8 Å². The first kappa shape index (κ1) is 26.4. The number of nitrogens with zero attached hydrogens (tertiary/aromatic N) is 2. The van der Waals surface area contributed by atoms with Gasteiger partial charge in [0.15, 0.2) is 0 Å². The molecule has 2 aliphatic rings.